The summed E-state index contributed by atoms with van der Waals surface area (Å²) in [5, 5.41) is -0.0150. The van der Waals surface area contributed by atoms with Crippen molar-refractivity contribution in [2.24, 2.45) is 5.92 Å². The Hall–Kier alpha value is -2.28. The van der Waals surface area contributed by atoms with Crippen LogP contribution < -0.4 is 4.90 Å². The summed E-state index contributed by atoms with van der Waals surface area (Å²) in [6.07, 6.45) is -0.424. The SMILES string of the molecule is Cc1ccccc1C1CCCN1C(=O)C1CCN(c2ncc(C(F)(F)F)cc2Cl)CC1. The highest BCUT2D eigenvalue weighted by Gasteiger charge is 2.37. The van der Waals surface area contributed by atoms with Crippen LogP contribution in [0.1, 0.15) is 48.4 Å². The van der Waals surface area contributed by atoms with Gasteiger partial charge in [0.05, 0.1) is 16.6 Å². The van der Waals surface area contributed by atoms with E-state index in [2.05, 4.69) is 24.0 Å². The number of amides is 1. The van der Waals surface area contributed by atoms with Crippen molar-refractivity contribution in [1.29, 1.82) is 0 Å². The molecule has 166 valence electrons. The van der Waals surface area contributed by atoms with Gasteiger partial charge >= 0.3 is 6.18 Å². The second-order valence-corrected chi connectivity index (χ2v) is 8.74. The summed E-state index contributed by atoms with van der Waals surface area (Å²) in [5.74, 6) is 0.436. The summed E-state index contributed by atoms with van der Waals surface area (Å²) in [6.45, 7) is 3.93. The zero-order valence-corrected chi connectivity index (χ0v) is 18.1. The van der Waals surface area contributed by atoms with Crippen molar-refractivity contribution in [3.8, 4) is 0 Å². The van der Waals surface area contributed by atoms with Gasteiger partial charge in [-0.3, -0.25) is 4.79 Å². The van der Waals surface area contributed by atoms with Gasteiger partial charge in [0.1, 0.15) is 5.82 Å². The number of piperidine rings is 1. The summed E-state index contributed by atoms with van der Waals surface area (Å²) in [7, 11) is 0. The first-order valence-electron chi connectivity index (χ1n) is 10.6. The maximum atomic E-state index is 13.3. The Bertz CT molecular complexity index is 957. The summed E-state index contributed by atoms with van der Waals surface area (Å²) < 4.78 is 38.6. The number of halogens is 4. The van der Waals surface area contributed by atoms with Crippen LogP contribution in [0.5, 0.6) is 0 Å². The van der Waals surface area contributed by atoms with Crippen molar-refractivity contribution in [1.82, 2.24) is 9.88 Å². The molecule has 1 amide bonds. The Morgan fingerprint density at radius 1 is 1.13 bits per heavy atom. The quantitative estimate of drug-likeness (QED) is 0.605. The number of carbonyl (C=O) groups is 1. The van der Waals surface area contributed by atoms with Crippen LogP contribution >= 0.6 is 11.6 Å². The Kier molecular flexibility index (Phi) is 6.15. The number of pyridine rings is 1. The molecule has 2 aliphatic rings. The summed E-state index contributed by atoms with van der Waals surface area (Å²) in [5.41, 5.74) is 1.55. The van der Waals surface area contributed by atoms with Crippen LogP contribution in [0.15, 0.2) is 36.5 Å². The summed E-state index contributed by atoms with van der Waals surface area (Å²) >= 11 is 6.09. The van der Waals surface area contributed by atoms with Gasteiger partial charge in [0.2, 0.25) is 5.91 Å². The minimum absolute atomic E-state index is 0.0150. The lowest BCUT2D eigenvalue weighted by molar-refractivity contribution is -0.138. The topological polar surface area (TPSA) is 36.4 Å². The third kappa shape index (κ3) is 4.52. The smallest absolute Gasteiger partial charge is 0.355 e. The molecule has 8 heteroatoms. The monoisotopic (exact) mass is 451 g/mol. The van der Waals surface area contributed by atoms with Crippen molar-refractivity contribution in [2.75, 3.05) is 24.5 Å². The number of anilines is 1. The van der Waals surface area contributed by atoms with Crippen molar-refractivity contribution in [2.45, 2.75) is 44.8 Å². The fraction of sp³-hybridized carbons (Fsp3) is 0.478. The second-order valence-electron chi connectivity index (χ2n) is 8.33. The van der Waals surface area contributed by atoms with Crippen LogP contribution in [0.25, 0.3) is 0 Å². The van der Waals surface area contributed by atoms with Crippen molar-refractivity contribution < 1.29 is 18.0 Å². The average Bonchev–Trinajstić information content (AvgIpc) is 3.22. The highest BCUT2D eigenvalue weighted by atomic mass is 35.5. The van der Waals surface area contributed by atoms with Crippen LogP contribution in [0.2, 0.25) is 5.02 Å². The van der Waals surface area contributed by atoms with E-state index in [4.69, 9.17) is 11.6 Å². The first-order chi connectivity index (χ1) is 14.8. The third-order valence-electron chi connectivity index (χ3n) is 6.38. The number of hydrogen-bond acceptors (Lipinski definition) is 3. The predicted molar refractivity (Wildman–Crippen MR) is 114 cm³/mol. The molecule has 31 heavy (non-hydrogen) atoms. The maximum Gasteiger partial charge on any atom is 0.417 e. The van der Waals surface area contributed by atoms with E-state index in [0.29, 0.717) is 31.7 Å². The van der Waals surface area contributed by atoms with Gasteiger partial charge in [-0.15, -0.1) is 0 Å². The number of alkyl halides is 3. The minimum Gasteiger partial charge on any atom is -0.355 e. The lowest BCUT2D eigenvalue weighted by Crippen LogP contribution is -2.42. The molecular weight excluding hydrogens is 427 g/mol. The standard InChI is InChI=1S/C23H25ClF3N3O/c1-15-5-2-3-6-18(15)20-7-4-10-30(20)22(31)16-8-11-29(12-9-16)21-19(24)13-17(14-28-21)23(25,26)27/h2-3,5-6,13-14,16,20H,4,7-12H2,1H3. The molecule has 0 bridgehead atoms. The molecule has 0 radical (unpaired) electrons. The van der Waals surface area contributed by atoms with Gasteiger partial charge < -0.3 is 9.80 Å². The van der Waals surface area contributed by atoms with Gasteiger partial charge in [-0.05, 0) is 49.8 Å². The van der Waals surface area contributed by atoms with Crippen molar-refractivity contribution >= 4 is 23.3 Å². The first-order valence-corrected chi connectivity index (χ1v) is 11.0. The molecule has 1 unspecified atom stereocenters. The molecule has 1 atom stereocenters. The summed E-state index contributed by atoms with van der Waals surface area (Å²) in [6, 6.07) is 9.25. The van der Waals surface area contributed by atoms with E-state index >= 15 is 0 Å². The predicted octanol–water partition coefficient (Wildman–Crippen LogP) is 5.64. The highest BCUT2D eigenvalue weighted by molar-refractivity contribution is 6.33. The lowest BCUT2D eigenvalue weighted by atomic mass is 9.93. The largest absolute Gasteiger partial charge is 0.417 e. The number of nitrogens with zero attached hydrogens (tertiary/aromatic N) is 3. The van der Waals surface area contributed by atoms with Gasteiger partial charge in [-0.25, -0.2) is 4.98 Å². The molecule has 3 heterocycles. The molecule has 1 aromatic heterocycles. The second kappa shape index (κ2) is 8.69. The van der Waals surface area contributed by atoms with E-state index in [1.165, 1.54) is 11.1 Å². The first kappa shape index (κ1) is 21.9. The number of likely N-dealkylation sites (tertiary alicyclic amines) is 1. The Labute approximate surface area is 185 Å². The van der Waals surface area contributed by atoms with Gasteiger partial charge in [0.25, 0.3) is 0 Å². The average molecular weight is 452 g/mol. The fourth-order valence-corrected chi connectivity index (χ4v) is 4.99. The molecule has 0 spiro atoms. The minimum atomic E-state index is -4.47. The number of aromatic nitrogens is 1. The maximum absolute atomic E-state index is 13.3. The lowest BCUT2D eigenvalue weighted by Gasteiger charge is -2.36. The van der Waals surface area contributed by atoms with Crippen LogP contribution in [0.4, 0.5) is 19.0 Å². The molecule has 2 saturated heterocycles. The Morgan fingerprint density at radius 2 is 1.84 bits per heavy atom. The Balaban J connectivity index is 1.42. The molecule has 2 fully saturated rings. The molecule has 0 saturated carbocycles. The van der Waals surface area contributed by atoms with Gasteiger partial charge in [-0.2, -0.15) is 13.2 Å². The van der Waals surface area contributed by atoms with Crippen LogP contribution in [0, 0.1) is 12.8 Å². The van der Waals surface area contributed by atoms with E-state index in [9.17, 15) is 18.0 Å². The van der Waals surface area contributed by atoms with Gasteiger partial charge in [0, 0.05) is 31.7 Å². The molecule has 1 aromatic carbocycles. The van der Waals surface area contributed by atoms with Gasteiger partial charge in [-0.1, -0.05) is 35.9 Å². The van der Waals surface area contributed by atoms with E-state index < -0.39 is 11.7 Å². The van der Waals surface area contributed by atoms with E-state index in [-0.39, 0.29) is 22.9 Å². The van der Waals surface area contributed by atoms with Crippen molar-refractivity contribution in [3.63, 3.8) is 0 Å². The molecule has 2 aromatic rings. The zero-order chi connectivity index (χ0) is 22.2. The highest BCUT2D eigenvalue weighted by Crippen LogP contribution is 2.37. The Morgan fingerprint density at radius 3 is 2.48 bits per heavy atom. The van der Waals surface area contributed by atoms with Crippen LogP contribution in [-0.4, -0.2) is 35.4 Å². The normalized spacial score (nSPS) is 20.4. The molecule has 0 aliphatic carbocycles. The number of hydrogen-bond donors (Lipinski definition) is 0. The van der Waals surface area contributed by atoms with Crippen molar-refractivity contribution in [3.05, 3.63) is 58.2 Å². The van der Waals surface area contributed by atoms with Gasteiger partial charge in [0.15, 0.2) is 0 Å². The molecular formula is C23H25ClF3N3O. The fourth-order valence-electron chi connectivity index (χ4n) is 4.71. The van der Waals surface area contributed by atoms with E-state index in [0.717, 1.165) is 31.6 Å². The van der Waals surface area contributed by atoms with Crippen LogP contribution in [0.3, 0.4) is 0 Å². The zero-order valence-electron chi connectivity index (χ0n) is 17.3. The number of rotatable bonds is 3. The third-order valence-corrected chi connectivity index (χ3v) is 6.65. The van der Waals surface area contributed by atoms with E-state index in [1.807, 2.05) is 21.9 Å². The van der Waals surface area contributed by atoms with Crippen LogP contribution in [-0.2, 0) is 11.0 Å². The molecule has 4 nitrogen and oxygen atoms in total. The molecule has 4 rings (SSSR count). The molecule has 0 N–H and O–H groups in total. The number of benzene rings is 1. The summed E-state index contributed by atoms with van der Waals surface area (Å²) in [4.78, 5) is 21.1. The number of carbonyl (C=O) groups excluding carboxylic acids is 1. The molecule has 2 aliphatic heterocycles. The van der Waals surface area contributed by atoms with E-state index in [1.54, 1.807) is 0 Å². The number of aryl methyl sites for hydroxylation is 1.